The Kier molecular flexibility index (Phi) is 6.78. The van der Waals surface area contributed by atoms with Crippen molar-refractivity contribution >= 4 is 5.91 Å². The van der Waals surface area contributed by atoms with Gasteiger partial charge in [0.25, 0.3) is 0 Å². The number of carbonyl (C=O) groups excluding carboxylic acids is 1. The number of amides is 1. The van der Waals surface area contributed by atoms with E-state index in [-0.39, 0.29) is 5.92 Å². The van der Waals surface area contributed by atoms with Crippen molar-refractivity contribution in [3.8, 4) is 0 Å². The maximum Gasteiger partial charge on any atom is 0.230 e. The summed E-state index contributed by atoms with van der Waals surface area (Å²) in [6.45, 7) is 4.14. The average molecular weight is 287 g/mol. The Morgan fingerprint density at radius 1 is 1.05 bits per heavy atom. The minimum Gasteiger partial charge on any atom is -0.342 e. The molecule has 0 spiro atoms. The van der Waals surface area contributed by atoms with E-state index >= 15 is 0 Å². The first-order valence-corrected chi connectivity index (χ1v) is 8.66. The standard InChI is InChI=1S/C19H29NO/c1-2-3-4-9-14-18(17-12-7-5-8-13-17)19(21)20-15-10-6-11-16-20/h5,7-8,12-13,18H,2-4,6,9-11,14-16H2,1H3. The fourth-order valence-corrected chi connectivity index (χ4v) is 3.23. The summed E-state index contributed by atoms with van der Waals surface area (Å²) in [7, 11) is 0. The Morgan fingerprint density at radius 2 is 1.76 bits per heavy atom. The van der Waals surface area contributed by atoms with Gasteiger partial charge in [-0.25, -0.2) is 0 Å². The molecule has 0 aromatic heterocycles. The van der Waals surface area contributed by atoms with Gasteiger partial charge in [0.05, 0.1) is 5.92 Å². The lowest BCUT2D eigenvalue weighted by Gasteiger charge is -2.30. The zero-order valence-corrected chi connectivity index (χ0v) is 13.4. The maximum absolute atomic E-state index is 12.9. The molecule has 1 aromatic carbocycles. The lowest BCUT2D eigenvalue weighted by Crippen LogP contribution is -2.38. The third-order valence-electron chi connectivity index (χ3n) is 4.51. The van der Waals surface area contributed by atoms with E-state index in [4.69, 9.17) is 0 Å². The van der Waals surface area contributed by atoms with Crippen LogP contribution in [0.25, 0.3) is 0 Å². The number of piperidine rings is 1. The molecule has 0 radical (unpaired) electrons. The van der Waals surface area contributed by atoms with Crippen LogP contribution in [-0.2, 0) is 4.79 Å². The summed E-state index contributed by atoms with van der Waals surface area (Å²) in [5.41, 5.74) is 1.20. The van der Waals surface area contributed by atoms with E-state index in [0.29, 0.717) is 5.91 Å². The summed E-state index contributed by atoms with van der Waals surface area (Å²) in [4.78, 5) is 15.0. The molecule has 0 saturated carbocycles. The molecule has 2 rings (SSSR count). The Bertz CT molecular complexity index is 409. The Balaban J connectivity index is 2.01. The number of carbonyl (C=O) groups is 1. The van der Waals surface area contributed by atoms with E-state index in [1.807, 2.05) is 6.07 Å². The number of hydrogen-bond donors (Lipinski definition) is 0. The van der Waals surface area contributed by atoms with Crippen molar-refractivity contribution in [3.63, 3.8) is 0 Å². The Morgan fingerprint density at radius 3 is 2.43 bits per heavy atom. The first kappa shape index (κ1) is 16.1. The first-order valence-electron chi connectivity index (χ1n) is 8.66. The van der Waals surface area contributed by atoms with Crippen LogP contribution in [-0.4, -0.2) is 23.9 Å². The number of benzene rings is 1. The molecule has 0 aliphatic carbocycles. The number of nitrogens with zero attached hydrogens (tertiary/aromatic N) is 1. The number of rotatable bonds is 7. The van der Waals surface area contributed by atoms with Crippen molar-refractivity contribution in [1.29, 1.82) is 0 Å². The largest absolute Gasteiger partial charge is 0.342 e. The highest BCUT2D eigenvalue weighted by Gasteiger charge is 2.26. The summed E-state index contributed by atoms with van der Waals surface area (Å²) >= 11 is 0. The van der Waals surface area contributed by atoms with Gasteiger partial charge >= 0.3 is 0 Å². The molecule has 1 heterocycles. The molecule has 2 heteroatoms. The van der Waals surface area contributed by atoms with Crippen LogP contribution in [0.5, 0.6) is 0 Å². The molecule has 116 valence electrons. The van der Waals surface area contributed by atoms with Crippen LogP contribution in [0.1, 0.15) is 69.8 Å². The molecule has 2 nitrogen and oxygen atoms in total. The van der Waals surface area contributed by atoms with Crippen LogP contribution >= 0.6 is 0 Å². The zero-order valence-electron chi connectivity index (χ0n) is 13.4. The van der Waals surface area contributed by atoms with Crippen LogP contribution in [0, 0.1) is 0 Å². The smallest absolute Gasteiger partial charge is 0.230 e. The Labute approximate surface area is 129 Å². The van der Waals surface area contributed by atoms with Gasteiger partial charge in [0.1, 0.15) is 0 Å². The second-order valence-electron chi connectivity index (χ2n) is 6.20. The second-order valence-corrected chi connectivity index (χ2v) is 6.20. The minimum absolute atomic E-state index is 0.0705. The number of hydrogen-bond acceptors (Lipinski definition) is 1. The van der Waals surface area contributed by atoms with E-state index in [9.17, 15) is 4.79 Å². The van der Waals surface area contributed by atoms with Crippen LogP contribution in [0.15, 0.2) is 30.3 Å². The van der Waals surface area contributed by atoms with E-state index in [0.717, 1.165) is 25.9 Å². The van der Waals surface area contributed by atoms with Crippen molar-refractivity contribution in [3.05, 3.63) is 35.9 Å². The highest BCUT2D eigenvalue weighted by Crippen LogP contribution is 2.26. The minimum atomic E-state index is 0.0705. The van der Waals surface area contributed by atoms with E-state index in [2.05, 4.69) is 36.1 Å². The van der Waals surface area contributed by atoms with Gasteiger partial charge in [-0.3, -0.25) is 4.79 Å². The first-order chi connectivity index (χ1) is 10.3. The molecular weight excluding hydrogens is 258 g/mol. The van der Waals surface area contributed by atoms with Gasteiger partial charge in [0.2, 0.25) is 5.91 Å². The maximum atomic E-state index is 12.9. The van der Waals surface area contributed by atoms with Gasteiger partial charge in [-0.05, 0) is 31.2 Å². The molecule has 1 aliphatic rings. The van der Waals surface area contributed by atoms with E-state index in [1.165, 1.54) is 44.1 Å². The van der Waals surface area contributed by atoms with Crippen molar-refractivity contribution in [2.45, 2.75) is 64.2 Å². The predicted molar refractivity (Wildman–Crippen MR) is 88.4 cm³/mol. The van der Waals surface area contributed by atoms with Crippen LogP contribution < -0.4 is 0 Å². The lowest BCUT2D eigenvalue weighted by atomic mass is 9.91. The fourth-order valence-electron chi connectivity index (χ4n) is 3.23. The zero-order chi connectivity index (χ0) is 14.9. The molecular formula is C19H29NO. The van der Waals surface area contributed by atoms with Crippen molar-refractivity contribution in [1.82, 2.24) is 4.90 Å². The van der Waals surface area contributed by atoms with Crippen molar-refractivity contribution in [2.75, 3.05) is 13.1 Å². The highest BCUT2D eigenvalue weighted by atomic mass is 16.2. The molecule has 1 amide bonds. The fraction of sp³-hybridized carbons (Fsp3) is 0.632. The third-order valence-corrected chi connectivity index (χ3v) is 4.51. The average Bonchev–Trinajstić information content (AvgIpc) is 2.56. The molecule has 0 N–H and O–H groups in total. The molecule has 1 saturated heterocycles. The van der Waals surface area contributed by atoms with E-state index < -0.39 is 0 Å². The molecule has 1 atom stereocenters. The van der Waals surface area contributed by atoms with E-state index in [1.54, 1.807) is 0 Å². The predicted octanol–water partition coefficient (Wildman–Crippen LogP) is 4.75. The second kappa shape index (κ2) is 8.86. The van der Waals surface area contributed by atoms with Gasteiger partial charge in [-0.15, -0.1) is 0 Å². The summed E-state index contributed by atoms with van der Waals surface area (Å²) in [6, 6.07) is 10.4. The molecule has 1 fully saturated rings. The molecule has 1 aromatic rings. The summed E-state index contributed by atoms with van der Waals surface area (Å²) in [5, 5.41) is 0. The quantitative estimate of drug-likeness (QED) is 0.662. The highest BCUT2D eigenvalue weighted by molar-refractivity contribution is 5.83. The van der Waals surface area contributed by atoms with Gasteiger partial charge in [0.15, 0.2) is 0 Å². The van der Waals surface area contributed by atoms with Crippen LogP contribution in [0.3, 0.4) is 0 Å². The van der Waals surface area contributed by atoms with Crippen molar-refractivity contribution < 1.29 is 4.79 Å². The third kappa shape index (κ3) is 4.87. The molecule has 21 heavy (non-hydrogen) atoms. The van der Waals surface area contributed by atoms with Gasteiger partial charge in [0, 0.05) is 13.1 Å². The number of likely N-dealkylation sites (tertiary alicyclic amines) is 1. The summed E-state index contributed by atoms with van der Waals surface area (Å²) < 4.78 is 0. The number of unbranched alkanes of at least 4 members (excludes halogenated alkanes) is 3. The summed E-state index contributed by atoms with van der Waals surface area (Å²) in [6.07, 6.45) is 9.54. The monoisotopic (exact) mass is 287 g/mol. The van der Waals surface area contributed by atoms with Crippen LogP contribution in [0.4, 0.5) is 0 Å². The summed E-state index contributed by atoms with van der Waals surface area (Å²) in [5.74, 6) is 0.429. The van der Waals surface area contributed by atoms with Crippen LogP contribution in [0.2, 0.25) is 0 Å². The topological polar surface area (TPSA) is 20.3 Å². The van der Waals surface area contributed by atoms with Gasteiger partial charge in [-0.2, -0.15) is 0 Å². The molecule has 1 unspecified atom stereocenters. The normalized spacial score (nSPS) is 16.7. The molecule has 0 bridgehead atoms. The lowest BCUT2D eigenvalue weighted by molar-refractivity contribution is -0.133. The van der Waals surface area contributed by atoms with Crippen molar-refractivity contribution in [2.24, 2.45) is 0 Å². The SMILES string of the molecule is CCCCCCC(C(=O)N1CCCCC1)c1ccccc1. The van der Waals surface area contributed by atoms with Gasteiger partial charge < -0.3 is 4.90 Å². The Hall–Kier alpha value is -1.31. The van der Waals surface area contributed by atoms with Gasteiger partial charge in [-0.1, -0.05) is 62.9 Å². The molecule has 1 aliphatic heterocycles.